The third kappa shape index (κ3) is 3.41. The summed E-state index contributed by atoms with van der Waals surface area (Å²) in [6.45, 7) is 0. The number of rotatable bonds is 4. The third-order valence-corrected chi connectivity index (χ3v) is 4.68. The number of azo groups is 1. The summed E-state index contributed by atoms with van der Waals surface area (Å²) in [6.07, 6.45) is 0. The summed E-state index contributed by atoms with van der Waals surface area (Å²) in [5.74, 6) is 0. The minimum atomic E-state index is -4.50. The van der Waals surface area contributed by atoms with Gasteiger partial charge in [-0.25, -0.2) is 5.53 Å². The molecule has 0 heterocycles. The normalized spacial score (nSPS) is 11.9. The van der Waals surface area contributed by atoms with Crippen LogP contribution < -0.4 is 0 Å². The molecule has 0 atom stereocenters. The van der Waals surface area contributed by atoms with Crippen molar-refractivity contribution in [1.82, 2.24) is 0 Å². The van der Waals surface area contributed by atoms with Gasteiger partial charge in [0.15, 0.2) is 0 Å². The van der Waals surface area contributed by atoms with E-state index in [-0.39, 0.29) is 21.7 Å². The SMILES string of the molecule is N=Nc1c(N=Nc2ccccc2Cl)cc(S(=O)(=O)O)c2ccccc12. The van der Waals surface area contributed by atoms with Gasteiger partial charge in [0.05, 0.1) is 5.02 Å². The minimum absolute atomic E-state index is 0.0289. The van der Waals surface area contributed by atoms with Gasteiger partial charge in [0.25, 0.3) is 10.1 Å². The molecule has 0 aliphatic rings. The fraction of sp³-hybridized carbons (Fsp3) is 0. The summed E-state index contributed by atoms with van der Waals surface area (Å²) in [7, 11) is -4.50. The van der Waals surface area contributed by atoms with Crippen LogP contribution in [-0.2, 0) is 10.1 Å². The van der Waals surface area contributed by atoms with Gasteiger partial charge < -0.3 is 0 Å². The first kappa shape index (κ1) is 17.2. The molecule has 0 fully saturated rings. The molecule has 0 amide bonds. The van der Waals surface area contributed by atoms with E-state index in [9.17, 15) is 13.0 Å². The smallest absolute Gasteiger partial charge is 0.282 e. The average molecular weight is 375 g/mol. The molecule has 9 heteroatoms. The highest BCUT2D eigenvalue weighted by molar-refractivity contribution is 7.86. The molecule has 0 saturated carbocycles. The number of nitrogens with zero attached hydrogens (tertiary/aromatic N) is 3. The van der Waals surface area contributed by atoms with Crippen LogP contribution in [-0.4, -0.2) is 13.0 Å². The Hall–Kier alpha value is -2.68. The van der Waals surface area contributed by atoms with Crippen LogP contribution in [0.25, 0.3) is 10.8 Å². The van der Waals surface area contributed by atoms with Gasteiger partial charge in [-0.1, -0.05) is 48.0 Å². The zero-order valence-corrected chi connectivity index (χ0v) is 14.2. The van der Waals surface area contributed by atoms with E-state index in [1.165, 1.54) is 6.07 Å². The second kappa shape index (κ2) is 6.67. The number of benzene rings is 3. The number of halogens is 1. The zero-order chi connectivity index (χ0) is 18.0. The van der Waals surface area contributed by atoms with Gasteiger partial charge in [-0.3, -0.25) is 4.55 Å². The molecule has 0 unspecified atom stereocenters. The lowest BCUT2D eigenvalue weighted by Crippen LogP contribution is -1.99. The summed E-state index contributed by atoms with van der Waals surface area (Å²) in [5, 5.41) is 12.4. The molecule has 3 aromatic rings. The number of hydrogen-bond donors (Lipinski definition) is 2. The van der Waals surface area contributed by atoms with E-state index in [0.717, 1.165) is 6.07 Å². The van der Waals surface area contributed by atoms with Crippen LogP contribution in [0, 0.1) is 5.53 Å². The molecule has 0 aliphatic heterocycles. The predicted octanol–water partition coefficient (Wildman–Crippen LogP) is 5.82. The number of nitrogens with one attached hydrogen (secondary N) is 1. The Balaban J connectivity index is 2.28. The van der Waals surface area contributed by atoms with E-state index in [0.29, 0.717) is 16.1 Å². The molecule has 3 rings (SSSR count). The Labute approximate surface area is 148 Å². The molecule has 0 radical (unpaired) electrons. The second-order valence-corrected chi connectivity index (χ2v) is 6.82. The Morgan fingerprint density at radius 2 is 1.52 bits per heavy atom. The fourth-order valence-corrected chi connectivity index (χ4v) is 3.25. The van der Waals surface area contributed by atoms with E-state index in [1.807, 2.05) is 0 Å². The third-order valence-electron chi connectivity index (χ3n) is 3.47. The van der Waals surface area contributed by atoms with Crippen molar-refractivity contribution in [1.29, 1.82) is 5.53 Å². The van der Waals surface area contributed by atoms with Gasteiger partial charge >= 0.3 is 0 Å². The molecule has 3 aromatic carbocycles. The van der Waals surface area contributed by atoms with Crippen LogP contribution in [0.3, 0.4) is 0 Å². The zero-order valence-electron chi connectivity index (χ0n) is 12.6. The average Bonchev–Trinajstić information content (AvgIpc) is 2.59. The van der Waals surface area contributed by atoms with Crippen molar-refractivity contribution in [3.63, 3.8) is 0 Å². The van der Waals surface area contributed by atoms with E-state index in [4.69, 9.17) is 17.1 Å². The van der Waals surface area contributed by atoms with E-state index < -0.39 is 10.1 Å². The second-order valence-electron chi connectivity index (χ2n) is 5.03. The Morgan fingerprint density at radius 3 is 2.16 bits per heavy atom. The van der Waals surface area contributed by atoms with Crippen LogP contribution in [0.5, 0.6) is 0 Å². The van der Waals surface area contributed by atoms with E-state index >= 15 is 0 Å². The molecule has 126 valence electrons. The summed E-state index contributed by atoms with van der Waals surface area (Å²) < 4.78 is 32.9. The summed E-state index contributed by atoms with van der Waals surface area (Å²) >= 11 is 6.01. The first-order valence-electron chi connectivity index (χ1n) is 6.99. The number of hydrogen-bond acceptors (Lipinski definition) is 6. The molecule has 0 aliphatic carbocycles. The number of fused-ring (bicyclic) bond motifs is 1. The lowest BCUT2D eigenvalue weighted by atomic mass is 10.1. The highest BCUT2D eigenvalue weighted by Gasteiger charge is 2.19. The summed E-state index contributed by atoms with van der Waals surface area (Å²) in [6, 6.07) is 14.2. The Morgan fingerprint density at radius 1 is 0.920 bits per heavy atom. The first-order valence-corrected chi connectivity index (χ1v) is 8.80. The molecule has 7 nitrogen and oxygen atoms in total. The Kier molecular flexibility index (Phi) is 4.58. The molecular formula is C16H11ClN4O3S. The van der Waals surface area contributed by atoms with Crippen LogP contribution in [0.2, 0.25) is 5.02 Å². The van der Waals surface area contributed by atoms with Gasteiger partial charge in [0.1, 0.15) is 22.0 Å². The molecule has 0 bridgehead atoms. The van der Waals surface area contributed by atoms with Crippen LogP contribution in [0.4, 0.5) is 17.1 Å². The maximum absolute atomic E-state index is 11.7. The molecule has 0 saturated heterocycles. The van der Waals surface area contributed by atoms with Crippen molar-refractivity contribution in [3.8, 4) is 0 Å². The molecule has 0 spiro atoms. The molecule has 0 aromatic heterocycles. The molecular weight excluding hydrogens is 364 g/mol. The largest absolute Gasteiger partial charge is 0.295 e. The van der Waals surface area contributed by atoms with Gasteiger partial charge in [-0.05, 0) is 18.2 Å². The van der Waals surface area contributed by atoms with Crippen molar-refractivity contribution in [2.24, 2.45) is 15.3 Å². The first-order chi connectivity index (χ1) is 11.9. The fourth-order valence-electron chi connectivity index (χ4n) is 2.36. The Bertz CT molecular complexity index is 1110. The summed E-state index contributed by atoms with van der Waals surface area (Å²) in [5.41, 5.74) is 7.95. The van der Waals surface area contributed by atoms with Crippen molar-refractivity contribution >= 4 is 49.6 Å². The molecule has 2 N–H and O–H groups in total. The topological polar surface area (TPSA) is 115 Å². The van der Waals surface area contributed by atoms with E-state index in [2.05, 4.69) is 15.3 Å². The van der Waals surface area contributed by atoms with Crippen LogP contribution in [0.15, 0.2) is 74.8 Å². The van der Waals surface area contributed by atoms with E-state index in [1.54, 1.807) is 42.5 Å². The standard InChI is InChI=1S/C16H11ClN4O3S/c17-12-7-3-4-8-13(12)20-21-14-9-15(25(22,23)24)10-5-1-2-6-11(10)16(14)19-18/h1-9,18H,(H,22,23,24). The predicted molar refractivity (Wildman–Crippen MR) is 94.2 cm³/mol. The van der Waals surface area contributed by atoms with Crippen LogP contribution in [0.1, 0.15) is 0 Å². The van der Waals surface area contributed by atoms with Crippen molar-refractivity contribution in [2.75, 3.05) is 0 Å². The van der Waals surface area contributed by atoms with Gasteiger partial charge in [-0.15, -0.1) is 10.2 Å². The van der Waals surface area contributed by atoms with Crippen LogP contribution >= 0.6 is 11.6 Å². The lowest BCUT2D eigenvalue weighted by molar-refractivity contribution is 0.484. The van der Waals surface area contributed by atoms with Gasteiger partial charge in [-0.2, -0.15) is 13.5 Å². The monoisotopic (exact) mass is 374 g/mol. The van der Waals surface area contributed by atoms with Gasteiger partial charge in [0.2, 0.25) is 0 Å². The quantitative estimate of drug-likeness (QED) is 0.442. The van der Waals surface area contributed by atoms with Crippen molar-refractivity contribution in [2.45, 2.75) is 4.90 Å². The van der Waals surface area contributed by atoms with Gasteiger partial charge in [0, 0.05) is 10.8 Å². The highest BCUT2D eigenvalue weighted by atomic mass is 35.5. The highest BCUT2D eigenvalue weighted by Crippen LogP contribution is 2.40. The maximum Gasteiger partial charge on any atom is 0.295 e. The van der Waals surface area contributed by atoms with Crippen molar-refractivity contribution in [3.05, 3.63) is 59.6 Å². The lowest BCUT2D eigenvalue weighted by Gasteiger charge is -2.08. The molecule has 25 heavy (non-hydrogen) atoms. The minimum Gasteiger partial charge on any atom is -0.282 e. The van der Waals surface area contributed by atoms with Crippen molar-refractivity contribution < 1.29 is 13.0 Å². The summed E-state index contributed by atoms with van der Waals surface area (Å²) in [4.78, 5) is -0.330. The maximum atomic E-state index is 11.7.